The van der Waals surface area contributed by atoms with Crippen molar-refractivity contribution in [2.24, 2.45) is 34.3 Å². The molecule has 43 heavy (non-hydrogen) atoms. The molecule has 0 bridgehead atoms. The maximum Gasteiger partial charge on any atom is 0.315 e. The molecule has 3 aliphatic rings. The van der Waals surface area contributed by atoms with E-state index in [2.05, 4.69) is 29.8 Å². The van der Waals surface area contributed by atoms with Crippen molar-refractivity contribution >= 4 is 29.5 Å². The minimum Gasteiger partial charge on any atom is -0.508 e. The van der Waals surface area contributed by atoms with Crippen LogP contribution in [0.15, 0.2) is 24.3 Å². The van der Waals surface area contributed by atoms with Crippen molar-refractivity contribution in [1.29, 1.82) is 0 Å². The second kappa shape index (κ2) is 11.5. The molecule has 2 saturated carbocycles. The van der Waals surface area contributed by atoms with Crippen molar-refractivity contribution in [2.75, 3.05) is 6.54 Å². The Morgan fingerprint density at radius 3 is 2.28 bits per heavy atom. The van der Waals surface area contributed by atoms with Gasteiger partial charge in [0.1, 0.15) is 17.8 Å². The number of primary amides is 1. The molecule has 6 N–H and O–H groups in total. The third kappa shape index (κ3) is 7.30. The first-order valence-electron chi connectivity index (χ1n) is 15.1. The molecule has 1 saturated heterocycles. The summed E-state index contributed by atoms with van der Waals surface area (Å²) in [6.07, 6.45) is 2.64. The smallest absolute Gasteiger partial charge is 0.315 e. The number of hydrogen-bond acceptors (Lipinski definition) is 6. The lowest BCUT2D eigenvalue weighted by Gasteiger charge is -2.38. The van der Waals surface area contributed by atoms with E-state index in [1.807, 2.05) is 40.7 Å². The average molecular weight is 598 g/mol. The van der Waals surface area contributed by atoms with Gasteiger partial charge in [-0.2, -0.15) is 0 Å². The number of fused-ring (bicyclic) bond motifs is 1. The van der Waals surface area contributed by atoms with Gasteiger partial charge >= 0.3 is 6.03 Å². The van der Waals surface area contributed by atoms with Crippen molar-refractivity contribution in [2.45, 2.75) is 97.8 Å². The molecule has 1 aromatic rings. The first-order chi connectivity index (χ1) is 19.8. The lowest BCUT2D eigenvalue weighted by atomic mass is 9.85. The minimum atomic E-state index is -1.09. The average Bonchev–Trinajstić information content (AvgIpc) is 3.72. The number of aromatic hydroxyl groups is 1. The van der Waals surface area contributed by atoms with Gasteiger partial charge in [-0.1, -0.05) is 59.6 Å². The Hall–Kier alpha value is -3.63. The van der Waals surface area contributed by atoms with Crippen LogP contribution in [-0.2, 0) is 25.6 Å². The second-order valence-electron chi connectivity index (χ2n) is 15.0. The highest BCUT2D eigenvalue weighted by molar-refractivity contribution is 6.37. The van der Waals surface area contributed by atoms with Crippen LogP contribution in [0.3, 0.4) is 0 Å². The van der Waals surface area contributed by atoms with E-state index in [0.29, 0.717) is 19.4 Å². The van der Waals surface area contributed by atoms with Crippen LogP contribution in [0.4, 0.5) is 4.79 Å². The van der Waals surface area contributed by atoms with Crippen LogP contribution < -0.4 is 21.7 Å². The summed E-state index contributed by atoms with van der Waals surface area (Å²) >= 11 is 0. The van der Waals surface area contributed by atoms with Gasteiger partial charge in [0, 0.05) is 12.1 Å². The number of likely N-dealkylation sites (tertiary alicyclic amines) is 1. The quantitative estimate of drug-likeness (QED) is 0.245. The zero-order chi connectivity index (χ0) is 32.1. The van der Waals surface area contributed by atoms with Gasteiger partial charge in [-0.25, -0.2) is 4.79 Å². The zero-order valence-electron chi connectivity index (χ0n) is 26.3. The van der Waals surface area contributed by atoms with Gasteiger partial charge in [0.2, 0.25) is 17.6 Å². The second-order valence-corrected chi connectivity index (χ2v) is 15.0. The Labute approximate surface area is 253 Å². The molecule has 1 aliphatic heterocycles. The molecule has 236 valence electrons. The van der Waals surface area contributed by atoms with Crippen LogP contribution in [0.2, 0.25) is 0 Å². The molecule has 3 fully saturated rings. The fraction of sp³-hybridized carbons (Fsp3) is 0.656. The van der Waals surface area contributed by atoms with Gasteiger partial charge in [0.25, 0.3) is 5.91 Å². The summed E-state index contributed by atoms with van der Waals surface area (Å²) in [5, 5.41) is 18.4. The number of amides is 5. The number of ketones is 1. The van der Waals surface area contributed by atoms with Crippen LogP contribution in [0.1, 0.15) is 73.3 Å². The molecule has 0 aromatic heterocycles. The van der Waals surface area contributed by atoms with Crippen LogP contribution in [0, 0.1) is 28.6 Å². The van der Waals surface area contributed by atoms with E-state index in [-0.39, 0.29) is 34.8 Å². The van der Waals surface area contributed by atoms with E-state index >= 15 is 0 Å². The van der Waals surface area contributed by atoms with Gasteiger partial charge in [0.15, 0.2) is 0 Å². The van der Waals surface area contributed by atoms with Crippen LogP contribution in [0.25, 0.3) is 0 Å². The summed E-state index contributed by atoms with van der Waals surface area (Å²) in [5.74, 6) is -2.40. The number of nitrogens with two attached hydrogens (primary N) is 1. The van der Waals surface area contributed by atoms with Crippen molar-refractivity contribution in [1.82, 2.24) is 20.9 Å². The van der Waals surface area contributed by atoms with E-state index in [1.165, 1.54) is 4.90 Å². The molecular weight excluding hydrogens is 550 g/mol. The number of piperidine rings is 1. The normalized spacial score (nSPS) is 23.9. The number of carbonyl (C=O) groups is 5. The number of phenols is 1. The van der Waals surface area contributed by atoms with Crippen LogP contribution >= 0.6 is 0 Å². The molecule has 1 unspecified atom stereocenters. The number of phenolic OH excluding ortho intramolecular Hbond substituents is 1. The van der Waals surface area contributed by atoms with Gasteiger partial charge in [-0.15, -0.1) is 0 Å². The molecule has 5 atom stereocenters. The van der Waals surface area contributed by atoms with Gasteiger partial charge in [0.05, 0.1) is 6.04 Å². The predicted molar refractivity (Wildman–Crippen MR) is 161 cm³/mol. The number of hydrogen-bond donors (Lipinski definition) is 5. The number of Topliss-reactive ketones (excluding diaryl/α,β-unsaturated/α-hetero) is 1. The monoisotopic (exact) mass is 597 g/mol. The number of rotatable bonds is 11. The number of nitrogens with one attached hydrogen (secondary N) is 3. The summed E-state index contributed by atoms with van der Waals surface area (Å²) < 4.78 is 0. The molecule has 4 rings (SSSR count). The molecule has 11 heteroatoms. The topological polar surface area (TPSA) is 171 Å². The number of benzene rings is 1. The Kier molecular flexibility index (Phi) is 8.61. The predicted octanol–water partition coefficient (Wildman–Crippen LogP) is 2.25. The molecule has 0 spiro atoms. The number of carbonyl (C=O) groups excluding carboxylic acids is 5. The standard InChI is InChI=1S/C32H47N5O6/c1-30(2,3)25(35-29(43)36-31(4,5)15-18-9-8-10-19(38)13-18)28(42)37-16-20-22(32(20,6)7)23(37)27(41)34-21(14-17-11-12-17)24(39)26(33)40/h8-10,13,17,20-23,25,38H,11-12,14-16H2,1-7H3,(H2,33,40)(H,34,41)(H2,35,36,43)/t20-,21?,22-,23-,25+/m0/s1. The molecular formula is C32H47N5O6. The highest BCUT2D eigenvalue weighted by Crippen LogP contribution is 2.65. The third-order valence-electron chi connectivity index (χ3n) is 9.30. The van der Waals surface area contributed by atoms with Crippen molar-refractivity contribution < 1.29 is 29.1 Å². The zero-order valence-corrected chi connectivity index (χ0v) is 26.3. The van der Waals surface area contributed by atoms with Gasteiger partial charge in [-0.05, 0) is 73.0 Å². The molecule has 2 aliphatic carbocycles. The Morgan fingerprint density at radius 2 is 1.72 bits per heavy atom. The fourth-order valence-electron chi connectivity index (χ4n) is 6.67. The SMILES string of the molecule is CC(C)(Cc1cccc(O)c1)NC(=O)N[C@H](C(=O)N1C[C@H]2[C@@H]([C@H]1C(=O)NC(CC1CC1)C(=O)C(N)=O)C2(C)C)C(C)(C)C. The van der Waals surface area contributed by atoms with Gasteiger partial charge < -0.3 is 31.7 Å². The molecule has 11 nitrogen and oxygen atoms in total. The lowest BCUT2D eigenvalue weighted by Crippen LogP contribution is -2.62. The van der Waals surface area contributed by atoms with Crippen molar-refractivity contribution in [3.63, 3.8) is 0 Å². The Balaban J connectivity index is 1.50. The highest BCUT2D eigenvalue weighted by atomic mass is 16.3. The van der Waals surface area contributed by atoms with E-state index in [4.69, 9.17) is 5.73 Å². The van der Waals surface area contributed by atoms with Crippen molar-refractivity contribution in [3.8, 4) is 5.75 Å². The Bertz CT molecular complexity index is 1300. The Morgan fingerprint density at radius 1 is 1.07 bits per heavy atom. The fourth-order valence-corrected chi connectivity index (χ4v) is 6.67. The maximum atomic E-state index is 14.2. The third-order valence-corrected chi connectivity index (χ3v) is 9.30. The summed E-state index contributed by atoms with van der Waals surface area (Å²) in [7, 11) is 0. The summed E-state index contributed by atoms with van der Waals surface area (Å²) in [6.45, 7) is 13.7. The van der Waals surface area contributed by atoms with Crippen LogP contribution in [0.5, 0.6) is 5.75 Å². The summed E-state index contributed by atoms with van der Waals surface area (Å²) in [5.41, 5.74) is 4.56. The molecule has 5 amide bonds. The van der Waals surface area contributed by atoms with E-state index < -0.39 is 52.7 Å². The van der Waals surface area contributed by atoms with Crippen molar-refractivity contribution in [3.05, 3.63) is 29.8 Å². The van der Waals surface area contributed by atoms with Gasteiger partial charge in [-0.3, -0.25) is 19.2 Å². The van der Waals surface area contributed by atoms with E-state index in [9.17, 15) is 29.1 Å². The van der Waals surface area contributed by atoms with Crippen LogP contribution in [-0.4, -0.2) is 69.8 Å². The highest BCUT2D eigenvalue weighted by Gasteiger charge is 2.70. The summed E-state index contributed by atoms with van der Waals surface area (Å²) in [4.78, 5) is 67.0. The molecule has 0 radical (unpaired) electrons. The molecule has 1 heterocycles. The summed E-state index contributed by atoms with van der Waals surface area (Å²) in [6, 6.07) is 3.48. The largest absolute Gasteiger partial charge is 0.508 e. The first-order valence-corrected chi connectivity index (χ1v) is 15.1. The molecule has 1 aromatic carbocycles. The van der Waals surface area contributed by atoms with E-state index in [1.54, 1.807) is 18.2 Å². The number of urea groups is 1. The van der Waals surface area contributed by atoms with E-state index in [0.717, 1.165) is 18.4 Å². The minimum absolute atomic E-state index is 0.0941. The maximum absolute atomic E-state index is 14.2. The lowest BCUT2D eigenvalue weighted by molar-refractivity contribution is -0.145. The number of nitrogens with zero attached hydrogens (tertiary/aromatic N) is 1. The first kappa shape index (κ1) is 32.3.